The van der Waals surface area contributed by atoms with Crippen molar-refractivity contribution in [2.45, 2.75) is 20.3 Å². The van der Waals surface area contributed by atoms with E-state index in [1.807, 2.05) is 19.9 Å². The average molecular weight is 307 g/mol. The molecule has 0 bridgehead atoms. The Morgan fingerprint density at radius 3 is 2.09 bits per heavy atom. The quantitative estimate of drug-likeness (QED) is 0.446. The second-order valence-electron chi connectivity index (χ2n) is 5.08. The van der Waals surface area contributed by atoms with Gasteiger partial charge in [0.25, 0.3) is 0 Å². The number of hydrogen-bond acceptors (Lipinski definition) is 5. The molecule has 23 heavy (non-hydrogen) atoms. The van der Waals surface area contributed by atoms with Crippen molar-refractivity contribution in [2.24, 2.45) is 16.1 Å². The zero-order chi connectivity index (χ0) is 16.7. The van der Waals surface area contributed by atoms with Gasteiger partial charge >= 0.3 is 5.97 Å². The Balaban J connectivity index is 2.00. The third kappa shape index (κ3) is 4.75. The summed E-state index contributed by atoms with van der Waals surface area (Å²) in [7, 11) is 0. The first-order valence-corrected chi connectivity index (χ1v) is 7.36. The van der Waals surface area contributed by atoms with Crippen LogP contribution in [-0.4, -0.2) is 5.97 Å². The molecule has 0 radical (unpaired) electrons. The van der Waals surface area contributed by atoms with Crippen LogP contribution in [0.5, 0.6) is 5.75 Å². The summed E-state index contributed by atoms with van der Waals surface area (Å²) in [5.41, 5.74) is 1.89. The molecular formula is C18H17N3O2. The van der Waals surface area contributed by atoms with E-state index < -0.39 is 0 Å². The minimum atomic E-state index is -0.237. The number of carbonyl (C=O) groups excluding carboxylic acids is 1. The van der Waals surface area contributed by atoms with Crippen molar-refractivity contribution < 1.29 is 9.53 Å². The largest absolute Gasteiger partial charge is 0.426 e. The standard InChI is InChI=1S/C18H17N3O2/c1-3-13(2)18(22)23-17-10-8-16(9-11-17)21-20-15-6-4-14(12-19)5-7-15/h4-11,13H,3H2,1-2H3. The molecule has 0 aliphatic carbocycles. The third-order valence-electron chi connectivity index (χ3n) is 3.35. The number of ether oxygens (including phenoxy) is 1. The second kappa shape index (κ2) is 7.85. The second-order valence-corrected chi connectivity index (χ2v) is 5.08. The summed E-state index contributed by atoms with van der Waals surface area (Å²) in [6.45, 7) is 3.78. The Bertz CT molecular complexity index is 728. The summed E-state index contributed by atoms with van der Waals surface area (Å²) in [4.78, 5) is 11.7. The highest BCUT2D eigenvalue weighted by Crippen LogP contribution is 2.22. The number of nitrogens with zero attached hydrogens (tertiary/aromatic N) is 3. The van der Waals surface area contributed by atoms with Gasteiger partial charge in [-0.25, -0.2) is 0 Å². The Labute approximate surface area is 135 Å². The summed E-state index contributed by atoms with van der Waals surface area (Å²) >= 11 is 0. The van der Waals surface area contributed by atoms with Crippen molar-refractivity contribution in [2.75, 3.05) is 0 Å². The van der Waals surface area contributed by atoms with Gasteiger partial charge in [-0.2, -0.15) is 15.5 Å². The summed E-state index contributed by atoms with van der Waals surface area (Å²) in [6, 6.07) is 15.7. The van der Waals surface area contributed by atoms with Gasteiger partial charge in [0.05, 0.1) is 28.9 Å². The molecule has 5 heteroatoms. The fourth-order valence-corrected chi connectivity index (χ4v) is 1.68. The Kier molecular flexibility index (Phi) is 5.59. The number of azo groups is 1. The number of nitriles is 1. The van der Waals surface area contributed by atoms with Gasteiger partial charge in [0.1, 0.15) is 5.75 Å². The molecule has 1 unspecified atom stereocenters. The van der Waals surface area contributed by atoms with Crippen LogP contribution >= 0.6 is 0 Å². The van der Waals surface area contributed by atoms with Gasteiger partial charge in [0, 0.05) is 0 Å². The van der Waals surface area contributed by atoms with Crippen LogP contribution < -0.4 is 4.74 Å². The SMILES string of the molecule is CCC(C)C(=O)Oc1ccc(N=Nc2ccc(C#N)cc2)cc1. The smallest absolute Gasteiger partial charge is 0.314 e. The van der Waals surface area contributed by atoms with E-state index in [9.17, 15) is 4.79 Å². The molecule has 0 aliphatic rings. The highest BCUT2D eigenvalue weighted by molar-refractivity contribution is 5.74. The fraction of sp³-hybridized carbons (Fsp3) is 0.222. The highest BCUT2D eigenvalue weighted by atomic mass is 16.5. The van der Waals surface area contributed by atoms with E-state index in [0.29, 0.717) is 22.7 Å². The number of esters is 1. The molecule has 0 N–H and O–H groups in total. The van der Waals surface area contributed by atoms with E-state index in [4.69, 9.17) is 10.00 Å². The van der Waals surface area contributed by atoms with Gasteiger partial charge in [0.2, 0.25) is 0 Å². The summed E-state index contributed by atoms with van der Waals surface area (Å²) in [5, 5.41) is 16.9. The van der Waals surface area contributed by atoms with Crippen molar-refractivity contribution >= 4 is 17.3 Å². The van der Waals surface area contributed by atoms with Crippen LogP contribution in [-0.2, 0) is 4.79 Å². The zero-order valence-corrected chi connectivity index (χ0v) is 13.1. The fourth-order valence-electron chi connectivity index (χ4n) is 1.68. The lowest BCUT2D eigenvalue weighted by molar-refractivity contribution is -0.138. The van der Waals surface area contributed by atoms with E-state index in [1.54, 1.807) is 48.5 Å². The molecule has 5 nitrogen and oxygen atoms in total. The van der Waals surface area contributed by atoms with Gasteiger partial charge in [0.15, 0.2) is 0 Å². The minimum Gasteiger partial charge on any atom is -0.426 e. The maximum atomic E-state index is 11.7. The summed E-state index contributed by atoms with van der Waals surface area (Å²) in [5.74, 6) is 0.137. The summed E-state index contributed by atoms with van der Waals surface area (Å²) < 4.78 is 5.27. The predicted octanol–water partition coefficient (Wildman–Crippen LogP) is 4.93. The van der Waals surface area contributed by atoms with Crippen molar-refractivity contribution in [3.05, 3.63) is 54.1 Å². The number of carbonyl (C=O) groups is 1. The first kappa shape index (κ1) is 16.4. The van der Waals surface area contributed by atoms with E-state index in [0.717, 1.165) is 6.42 Å². The molecular weight excluding hydrogens is 290 g/mol. The van der Waals surface area contributed by atoms with Crippen molar-refractivity contribution in [1.82, 2.24) is 0 Å². The predicted molar refractivity (Wildman–Crippen MR) is 86.9 cm³/mol. The first-order valence-electron chi connectivity index (χ1n) is 7.36. The highest BCUT2D eigenvalue weighted by Gasteiger charge is 2.12. The molecule has 0 aromatic heterocycles. The third-order valence-corrected chi connectivity index (χ3v) is 3.35. The molecule has 2 aromatic rings. The van der Waals surface area contributed by atoms with Crippen molar-refractivity contribution in [3.8, 4) is 11.8 Å². The maximum absolute atomic E-state index is 11.7. The topological polar surface area (TPSA) is 74.8 Å². The lowest BCUT2D eigenvalue weighted by Crippen LogP contribution is -2.16. The molecule has 0 saturated carbocycles. The number of rotatable bonds is 5. The number of benzene rings is 2. The lowest BCUT2D eigenvalue weighted by atomic mass is 10.1. The van der Waals surface area contributed by atoms with Crippen LogP contribution in [0.25, 0.3) is 0 Å². The van der Waals surface area contributed by atoms with Crippen molar-refractivity contribution in [1.29, 1.82) is 5.26 Å². The molecule has 0 heterocycles. The van der Waals surface area contributed by atoms with Crippen LogP contribution in [0.15, 0.2) is 58.8 Å². The molecule has 1 atom stereocenters. The van der Waals surface area contributed by atoms with Crippen LogP contribution in [0, 0.1) is 17.2 Å². The average Bonchev–Trinajstić information content (AvgIpc) is 2.60. The van der Waals surface area contributed by atoms with Gasteiger partial charge in [-0.15, -0.1) is 0 Å². The van der Waals surface area contributed by atoms with E-state index in [-0.39, 0.29) is 11.9 Å². The van der Waals surface area contributed by atoms with E-state index in [2.05, 4.69) is 10.2 Å². The van der Waals surface area contributed by atoms with Crippen LogP contribution in [0.3, 0.4) is 0 Å². The van der Waals surface area contributed by atoms with Gasteiger partial charge in [-0.3, -0.25) is 4.79 Å². The molecule has 0 aliphatic heterocycles. The van der Waals surface area contributed by atoms with Crippen LogP contribution in [0.1, 0.15) is 25.8 Å². The molecule has 0 saturated heterocycles. The van der Waals surface area contributed by atoms with Gasteiger partial charge in [-0.05, 0) is 55.0 Å². The molecule has 2 rings (SSSR count). The van der Waals surface area contributed by atoms with Gasteiger partial charge in [-0.1, -0.05) is 13.8 Å². The van der Waals surface area contributed by atoms with Crippen LogP contribution in [0.4, 0.5) is 11.4 Å². The number of hydrogen-bond donors (Lipinski definition) is 0. The van der Waals surface area contributed by atoms with Gasteiger partial charge < -0.3 is 4.74 Å². The Hall–Kier alpha value is -3.00. The molecule has 2 aromatic carbocycles. The van der Waals surface area contributed by atoms with Crippen LogP contribution in [0.2, 0.25) is 0 Å². The molecule has 0 fully saturated rings. The Morgan fingerprint density at radius 1 is 1.09 bits per heavy atom. The molecule has 0 spiro atoms. The first-order chi connectivity index (χ1) is 11.1. The Morgan fingerprint density at radius 2 is 1.61 bits per heavy atom. The monoisotopic (exact) mass is 307 g/mol. The lowest BCUT2D eigenvalue weighted by Gasteiger charge is -2.08. The van der Waals surface area contributed by atoms with E-state index in [1.165, 1.54) is 0 Å². The summed E-state index contributed by atoms with van der Waals surface area (Å²) in [6.07, 6.45) is 0.746. The van der Waals surface area contributed by atoms with Crippen molar-refractivity contribution in [3.63, 3.8) is 0 Å². The zero-order valence-electron chi connectivity index (χ0n) is 13.1. The molecule has 116 valence electrons. The maximum Gasteiger partial charge on any atom is 0.314 e. The van der Waals surface area contributed by atoms with E-state index >= 15 is 0 Å². The molecule has 0 amide bonds. The normalized spacial score (nSPS) is 11.9. The minimum absolute atomic E-state index is 0.120.